The van der Waals surface area contributed by atoms with Crippen LogP contribution >= 0.6 is 0 Å². The van der Waals surface area contributed by atoms with E-state index in [-0.39, 0.29) is 11.6 Å². The van der Waals surface area contributed by atoms with Crippen LogP contribution in [0.15, 0.2) is 36.5 Å². The van der Waals surface area contributed by atoms with E-state index in [2.05, 4.69) is 5.10 Å². The molecule has 1 amide bonds. The van der Waals surface area contributed by atoms with Crippen molar-refractivity contribution in [2.45, 2.75) is 0 Å². The topological polar surface area (TPSA) is 56.6 Å². The maximum absolute atomic E-state index is 13.8. The first-order valence-corrected chi connectivity index (χ1v) is 7.25. The Morgan fingerprint density at radius 2 is 1.83 bits per heavy atom. The fourth-order valence-electron chi connectivity index (χ4n) is 2.09. The first-order chi connectivity index (χ1) is 11.2. The normalized spacial score (nSPS) is 10.7. The Bertz CT molecular complexity index is 637. The molecule has 1 aromatic carbocycles. The lowest BCUT2D eigenvalue weighted by atomic mass is 10.3. The predicted molar refractivity (Wildman–Crippen MR) is 83.2 cm³/mol. The van der Waals surface area contributed by atoms with Gasteiger partial charge in [-0.15, -0.1) is 0 Å². The summed E-state index contributed by atoms with van der Waals surface area (Å²) < 4.78 is 25.2. The van der Waals surface area contributed by atoms with E-state index in [4.69, 9.17) is 9.47 Å². The summed E-state index contributed by atoms with van der Waals surface area (Å²) in [4.78, 5) is 14.1. The maximum atomic E-state index is 13.8. The van der Waals surface area contributed by atoms with Crippen LogP contribution in [-0.4, -0.2) is 61.1 Å². The van der Waals surface area contributed by atoms with E-state index < -0.39 is 5.82 Å². The second kappa shape index (κ2) is 8.40. The van der Waals surface area contributed by atoms with E-state index >= 15 is 0 Å². The number of para-hydroxylation sites is 1. The molecular formula is C16H20FN3O3. The van der Waals surface area contributed by atoms with Gasteiger partial charge in [0, 0.05) is 33.5 Å². The smallest absolute Gasteiger partial charge is 0.274 e. The highest BCUT2D eigenvalue weighted by Gasteiger charge is 2.18. The fourth-order valence-corrected chi connectivity index (χ4v) is 2.09. The van der Waals surface area contributed by atoms with Crippen molar-refractivity contribution in [1.29, 1.82) is 0 Å². The van der Waals surface area contributed by atoms with Crippen LogP contribution in [0.25, 0.3) is 5.69 Å². The van der Waals surface area contributed by atoms with Gasteiger partial charge in [0.15, 0.2) is 5.69 Å². The third kappa shape index (κ3) is 4.37. The van der Waals surface area contributed by atoms with E-state index in [1.54, 1.807) is 49.6 Å². The van der Waals surface area contributed by atoms with Crippen LogP contribution in [-0.2, 0) is 9.47 Å². The number of rotatable bonds is 8. The zero-order valence-electron chi connectivity index (χ0n) is 13.2. The molecule has 0 spiro atoms. The molecule has 0 bridgehead atoms. The van der Waals surface area contributed by atoms with Crippen LogP contribution in [0.2, 0.25) is 0 Å². The number of carbonyl (C=O) groups is 1. The molecule has 6 nitrogen and oxygen atoms in total. The number of nitrogens with zero attached hydrogens (tertiary/aromatic N) is 3. The van der Waals surface area contributed by atoms with Gasteiger partial charge in [-0.25, -0.2) is 9.07 Å². The Morgan fingerprint density at radius 3 is 2.43 bits per heavy atom. The van der Waals surface area contributed by atoms with Crippen LogP contribution in [0.3, 0.4) is 0 Å². The summed E-state index contributed by atoms with van der Waals surface area (Å²) in [6.07, 6.45) is 1.57. The van der Waals surface area contributed by atoms with Gasteiger partial charge in [0.25, 0.3) is 5.91 Å². The van der Waals surface area contributed by atoms with E-state index in [1.807, 2.05) is 0 Å². The number of carbonyl (C=O) groups excluding carboxylic acids is 1. The molecule has 124 valence electrons. The van der Waals surface area contributed by atoms with Gasteiger partial charge >= 0.3 is 0 Å². The van der Waals surface area contributed by atoms with E-state index in [0.29, 0.717) is 32.0 Å². The van der Waals surface area contributed by atoms with Gasteiger partial charge in [-0.3, -0.25) is 4.79 Å². The predicted octanol–water partition coefficient (Wildman–Crippen LogP) is 1.75. The van der Waals surface area contributed by atoms with Crippen LogP contribution in [0.4, 0.5) is 4.39 Å². The Hall–Kier alpha value is -2.25. The summed E-state index contributed by atoms with van der Waals surface area (Å²) in [5.74, 6) is -0.639. The fraction of sp³-hybridized carbons (Fsp3) is 0.375. The van der Waals surface area contributed by atoms with Gasteiger partial charge in [-0.05, 0) is 18.2 Å². The zero-order valence-corrected chi connectivity index (χ0v) is 13.2. The molecule has 0 atom stereocenters. The highest BCUT2D eigenvalue weighted by Crippen LogP contribution is 2.13. The Balaban J connectivity index is 2.16. The summed E-state index contributed by atoms with van der Waals surface area (Å²) in [5.41, 5.74) is 0.548. The molecule has 0 fully saturated rings. The second-order valence-corrected chi connectivity index (χ2v) is 4.87. The molecule has 0 aliphatic rings. The van der Waals surface area contributed by atoms with E-state index in [0.717, 1.165) is 0 Å². The van der Waals surface area contributed by atoms with Gasteiger partial charge in [0.1, 0.15) is 11.5 Å². The number of hydrogen-bond acceptors (Lipinski definition) is 4. The van der Waals surface area contributed by atoms with Crippen molar-refractivity contribution in [3.05, 3.63) is 48.0 Å². The van der Waals surface area contributed by atoms with E-state index in [9.17, 15) is 9.18 Å². The maximum Gasteiger partial charge on any atom is 0.274 e. The van der Waals surface area contributed by atoms with Crippen molar-refractivity contribution in [3.63, 3.8) is 0 Å². The number of methoxy groups -OCH3 is 2. The van der Waals surface area contributed by atoms with Crippen molar-refractivity contribution in [1.82, 2.24) is 14.7 Å². The molecule has 1 heterocycles. The molecule has 2 aromatic rings. The molecular weight excluding hydrogens is 301 g/mol. The first-order valence-electron chi connectivity index (χ1n) is 7.25. The monoisotopic (exact) mass is 321 g/mol. The number of aromatic nitrogens is 2. The number of benzene rings is 1. The van der Waals surface area contributed by atoms with Crippen LogP contribution in [0.1, 0.15) is 10.5 Å². The average Bonchev–Trinajstić information content (AvgIpc) is 3.04. The van der Waals surface area contributed by atoms with Crippen molar-refractivity contribution >= 4 is 5.91 Å². The zero-order chi connectivity index (χ0) is 16.7. The molecule has 23 heavy (non-hydrogen) atoms. The molecule has 0 aliphatic carbocycles. The van der Waals surface area contributed by atoms with E-state index in [1.165, 1.54) is 10.7 Å². The van der Waals surface area contributed by atoms with Gasteiger partial charge in [-0.1, -0.05) is 12.1 Å². The van der Waals surface area contributed by atoms with Crippen LogP contribution < -0.4 is 0 Å². The molecule has 7 heteroatoms. The minimum atomic E-state index is -0.398. The molecule has 0 N–H and O–H groups in total. The quantitative estimate of drug-likeness (QED) is 0.743. The summed E-state index contributed by atoms with van der Waals surface area (Å²) >= 11 is 0. The lowest BCUT2D eigenvalue weighted by Crippen LogP contribution is -2.36. The minimum Gasteiger partial charge on any atom is -0.383 e. The second-order valence-electron chi connectivity index (χ2n) is 4.87. The first kappa shape index (κ1) is 17.1. The number of halogens is 1. The molecule has 0 aliphatic heterocycles. The summed E-state index contributed by atoms with van der Waals surface area (Å²) in [7, 11) is 3.15. The SMILES string of the molecule is COCCN(CCOC)C(=O)c1ccn(-c2ccccc2F)n1. The summed E-state index contributed by atoms with van der Waals surface area (Å²) in [6.45, 7) is 1.71. The third-order valence-electron chi connectivity index (χ3n) is 3.33. The molecule has 0 saturated carbocycles. The van der Waals surface area contributed by atoms with Gasteiger partial charge < -0.3 is 14.4 Å². The number of ether oxygens (including phenoxy) is 2. The number of hydrogen-bond donors (Lipinski definition) is 0. The van der Waals surface area contributed by atoms with Gasteiger partial charge in [0.05, 0.1) is 13.2 Å². The highest BCUT2D eigenvalue weighted by atomic mass is 19.1. The molecule has 1 aromatic heterocycles. The molecule has 0 saturated heterocycles. The molecule has 0 radical (unpaired) electrons. The van der Waals surface area contributed by atoms with Gasteiger partial charge in [0.2, 0.25) is 0 Å². The van der Waals surface area contributed by atoms with Crippen molar-refractivity contribution in [2.75, 3.05) is 40.5 Å². The molecule has 2 rings (SSSR count). The van der Waals surface area contributed by atoms with Crippen LogP contribution in [0, 0.1) is 5.82 Å². The Labute approximate surface area is 134 Å². The largest absolute Gasteiger partial charge is 0.383 e. The minimum absolute atomic E-state index is 0.241. The van der Waals surface area contributed by atoms with Crippen molar-refractivity contribution in [3.8, 4) is 5.69 Å². The third-order valence-corrected chi connectivity index (χ3v) is 3.33. The average molecular weight is 321 g/mol. The Kier molecular flexibility index (Phi) is 6.25. The summed E-state index contributed by atoms with van der Waals surface area (Å²) in [6, 6.07) is 7.84. The Morgan fingerprint density at radius 1 is 1.17 bits per heavy atom. The van der Waals surface area contributed by atoms with Gasteiger partial charge in [-0.2, -0.15) is 5.10 Å². The number of amides is 1. The van der Waals surface area contributed by atoms with Crippen molar-refractivity contribution in [2.24, 2.45) is 0 Å². The lowest BCUT2D eigenvalue weighted by Gasteiger charge is -2.20. The lowest BCUT2D eigenvalue weighted by molar-refractivity contribution is 0.0621. The summed E-state index contributed by atoms with van der Waals surface area (Å²) in [5, 5.41) is 4.18. The molecule has 0 unspecified atom stereocenters. The van der Waals surface area contributed by atoms with Crippen LogP contribution in [0.5, 0.6) is 0 Å². The standard InChI is InChI=1S/C16H20FN3O3/c1-22-11-9-19(10-12-23-2)16(21)14-7-8-20(18-14)15-6-4-3-5-13(15)17/h3-8H,9-12H2,1-2H3. The van der Waals surface area contributed by atoms with Crippen molar-refractivity contribution < 1.29 is 18.7 Å². The highest BCUT2D eigenvalue weighted by molar-refractivity contribution is 5.92.